The summed E-state index contributed by atoms with van der Waals surface area (Å²) in [5.74, 6) is -1.25. The fourth-order valence-corrected chi connectivity index (χ4v) is 10.8. The molecule has 366 valence electrons. The lowest BCUT2D eigenvalue weighted by Gasteiger charge is -2.40. The second kappa shape index (κ2) is 20.3. The number of aliphatic imine (C=N–C) groups is 1. The van der Waals surface area contributed by atoms with Crippen LogP contribution in [-0.4, -0.2) is 112 Å². The number of hydrogen-bond acceptors (Lipinski definition) is 13. The van der Waals surface area contributed by atoms with Gasteiger partial charge in [-0.25, -0.2) is 14.4 Å². The zero-order chi connectivity index (χ0) is 49.2. The van der Waals surface area contributed by atoms with Gasteiger partial charge in [0.25, 0.3) is 11.8 Å². The van der Waals surface area contributed by atoms with Gasteiger partial charge in [-0.3, -0.25) is 34.3 Å². The predicted octanol–water partition coefficient (Wildman–Crippen LogP) is 5.91. The number of halogens is 1. The molecule has 3 aromatic carbocycles. The number of allylic oxidation sites excluding steroid dienone is 3. The monoisotopic (exact) mass is 977 g/mol. The molecular formula is C53H56FN11O5S. The number of fused-ring (bicyclic) bond motifs is 1. The number of hydrogen-bond donors (Lipinski definition) is 4. The van der Waals surface area contributed by atoms with Crippen LogP contribution in [0.4, 0.5) is 21.6 Å². The van der Waals surface area contributed by atoms with Crippen molar-refractivity contribution >= 4 is 64.7 Å². The fourth-order valence-electron chi connectivity index (χ4n) is 10.0. The van der Waals surface area contributed by atoms with Crippen molar-refractivity contribution in [2.45, 2.75) is 98.5 Å². The maximum absolute atomic E-state index is 15.7. The molecule has 2 atom stereocenters. The summed E-state index contributed by atoms with van der Waals surface area (Å²) in [5, 5.41) is 8.93. The van der Waals surface area contributed by atoms with Crippen molar-refractivity contribution in [3.8, 4) is 0 Å². The topological polar surface area (TPSA) is 199 Å². The lowest BCUT2D eigenvalue weighted by atomic mass is 9.91. The number of nitrogens with one attached hydrogen (secondary N) is 3. The lowest BCUT2D eigenvalue weighted by Crippen LogP contribution is -2.52. The molecule has 7 heterocycles. The molecule has 3 saturated heterocycles. The Balaban J connectivity index is 0.663. The zero-order valence-corrected chi connectivity index (χ0v) is 40.3. The van der Waals surface area contributed by atoms with Gasteiger partial charge in [0.15, 0.2) is 0 Å². The number of piperidine rings is 3. The van der Waals surface area contributed by atoms with Crippen LogP contribution in [0.5, 0.6) is 0 Å². The van der Waals surface area contributed by atoms with Crippen LogP contribution in [0.2, 0.25) is 0 Å². The summed E-state index contributed by atoms with van der Waals surface area (Å²) in [5.41, 5.74) is 11.7. The Labute approximate surface area is 415 Å². The minimum Gasteiger partial charge on any atom is -0.374 e. The molecule has 3 fully saturated rings. The molecule has 0 radical (unpaired) electrons. The van der Waals surface area contributed by atoms with Crippen LogP contribution in [0.1, 0.15) is 83.7 Å². The maximum Gasteiger partial charge on any atom is 0.255 e. The highest BCUT2D eigenvalue weighted by Crippen LogP contribution is 2.33. The SMILES string of the molecule is CC1(N)CCN(c2cnc(Sc3cccc(NC(=O)c4ccc(N5CCC(N6C=CC(=C7C=CC(C(=O)NCc8ccc9c(c8)CN(C8CCC(=O)NC8=O)C9=O)N=C7)CC6)CC5)c(F)c4)c3)cn2)CC1. The number of rotatable bonds is 11. The molecule has 5 amide bonds. The van der Waals surface area contributed by atoms with Gasteiger partial charge in [-0.05, 0) is 122 Å². The molecule has 5 N–H and O–H groups in total. The normalized spacial score (nSPS) is 22.2. The van der Waals surface area contributed by atoms with Gasteiger partial charge >= 0.3 is 0 Å². The average molecular weight is 978 g/mol. The van der Waals surface area contributed by atoms with Gasteiger partial charge in [0.05, 0.1) is 18.1 Å². The Hall–Kier alpha value is -7.18. The summed E-state index contributed by atoms with van der Waals surface area (Å²) in [6, 6.07) is 16.5. The van der Waals surface area contributed by atoms with E-state index in [0.717, 1.165) is 89.8 Å². The standard InChI is InChI=1S/C53H56FN11O5S/c1-53(55)17-23-64(24-18-53)46-30-58-48(31-57-46)71-40-4-2-3-38(27-40)60-49(67)35-7-10-44(42(54)26-35)63-21-15-39(16-22-63)62-19-13-34(14-20-62)36-6-9-43(56-29-36)50(68)59-28-33-5-8-41-37(25-33)32-65(52(41)70)45-11-12-47(66)61-51(45)69/h2-10,13,19,25-27,29-31,39,43,45H,11-12,14-18,20-24,28,32,55H2,1H3,(H,59,68)(H,60,67)(H,61,66,69). The van der Waals surface area contributed by atoms with Crippen molar-refractivity contribution in [2.24, 2.45) is 10.7 Å². The Morgan fingerprint density at radius 1 is 0.915 bits per heavy atom. The number of carbonyl (C=O) groups excluding carboxylic acids is 5. The van der Waals surface area contributed by atoms with Gasteiger partial charge in [-0.1, -0.05) is 42.1 Å². The van der Waals surface area contributed by atoms with E-state index in [1.54, 1.807) is 55.0 Å². The van der Waals surface area contributed by atoms with Crippen LogP contribution < -0.4 is 31.5 Å². The van der Waals surface area contributed by atoms with Crippen LogP contribution >= 0.6 is 11.8 Å². The van der Waals surface area contributed by atoms with Gasteiger partial charge in [0, 0.05) is 91.7 Å². The minimum atomic E-state index is -0.682. The highest BCUT2D eigenvalue weighted by molar-refractivity contribution is 7.99. The van der Waals surface area contributed by atoms with E-state index in [9.17, 15) is 24.0 Å². The van der Waals surface area contributed by atoms with E-state index in [0.29, 0.717) is 42.5 Å². The number of dihydropyridines is 1. The largest absolute Gasteiger partial charge is 0.374 e. The molecule has 16 nitrogen and oxygen atoms in total. The average Bonchev–Trinajstić information content (AvgIpc) is 3.70. The Morgan fingerprint density at radius 3 is 2.46 bits per heavy atom. The Kier molecular flexibility index (Phi) is 13.6. The molecule has 4 aromatic rings. The first kappa shape index (κ1) is 47.5. The van der Waals surface area contributed by atoms with Gasteiger partial charge in [-0.15, -0.1) is 0 Å². The summed E-state index contributed by atoms with van der Waals surface area (Å²) in [6.07, 6.45) is 18.1. The molecule has 71 heavy (non-hydrogen) atoms. The van der Waals surface area contributed by atoms with Gasteiger partial charge < -0.3 is 36.0 Å². The number of anilines is 3. The molecule has 6 aliphatic heterocycles. The number of carbonyl (C=O) groups is 5. The summed E-state index contributed by atoms with van der Waals surface area (Å²) < 4.78 is 15.7. The number of nitrogens with zero attached hydrogens (tertiary/aromatic N) is 7. The van der Waals surface area contributed by atoms with Gasteiger partial charge in [0.1, 0.15) is 28.7 Å². The third-order valence-electron chi connectivity index (χ3n) is 14.3. The molecule has 2 unspecified atom stereocenters. The summed E-state index contributed by atoms with van der Waals surface area (Å²) >= 11 is 1.45. The fraction of sp³-hybridized carbons (Fsp3) is 0.358. The molecule has 0 bridgehead atoms. The number of imide groups is 1. The first-order valence-corrected chi connectivity index (χ1v) is 25.1. The summed E-state index contributed by atoms with van der Waals surface area (Å²) in [6.45, 7) is 6.50. The number of nitrogens with two attached hydrogens (primary N) is 1. The third-order valence-corrected chi connectivity index (χ3v) is 15.2. The van der Waals surface area contributed by atoms with Crippen LogP contribution in [0.15, 0.2) is 124 Å². The van der Waals surface area contributed by atoms with Crippen molar-refractivity contribution in [2.75, 3.05) is 47.8 Å². The molecular weight excluding hydrogens is 922 g/mol. The van der Waals surface area contributed by atoms with Gasteiger partial charge in [-0.2, -0.15) is 0 Å². The second-order valence-corrected chi connectivity index (χ2v) is 20.4. The quantitative estimate of drug-likeness (QED) is 0.130. The molecule has 6 aliphatic rings. The van der Waals surface area contributed by atoms with Crippen LogP contribution in [-0.2, 0) is 27.5 Å². The lowest BCUT2D eigenvalue weighted by molar-refractivity contribution is -0.137. The highest BCUT2D eigenvalue weighted by atomic mass is 32.2. The summed E-state index contributed by atoms with van der Waals surface area (Å²) in [7, 11) is 0. The number of amides is 5. The molecule has 1 aromatic heterocycles. The van der Waals surface area contributed by atoms with Crippen molar-refractivity contribution in [1.29, 1.82) is 0 Å². The van der Waals surface area contributed by atoms with Crippen LogP contribution in [0.3, 0.4) is 0 Å². The molecule has 0 saturated carbocycles. The molecule has 0 spiro atoms. The van der Waals surface area contributed by atoms with Crippen molar-refractivity contribution < 1.29 is 28.4 Å². The van der Waals surface area contributed by atoms with E-state index < -0.39 is 29.7 Å². The summed E-state index contributed by atoms with van der Waals surface area (Å²) in [4.78, 5) is 86.3. The minimum absolute atomic E-state index is 0.140. The maximum atomic E-state index is 15.7. The van der Waals surface area contributed by atoms with E-state index >= 15 is 4.39 Å². The Morgan fingerprint density at radius 2 is 1.75 bits per heavy atom. The third kappa shape index (κ3) is 10.8. The van der Waals surface area contributed by atoms with Crippen molar-refractivity contribution in [1.82, 2.24) is 30.4 Å². The smallest absolute Gasteiger partial charge is 0.255 e. The predicted molar refractivity (Wildman–Crippen MR) is 269 cm³/mol. The Bertz CT molecular complexity index is 2870. The van der Waals surface area contributed by atoms with Crippen molar-refractivity contribution in [3.05, 3.63) is 137 Å². The van der Waals surface area contributed by atoms with Gasteiger partial charge in [0.2, 0.25) is 17.7 Å². The van der Waals surface area contributed by atoms with E-state index in [-0.39, 0.29) is 48.3 Å². The zero-order valence-electron chi connectivity index (χ0n) is 39.5. The van der Waals surface area contributed by atoms with E-state index in [4.69, 9.17) is 5.73 Å². The first-order valence-electron chi connectivity index (χ1n) is 24.2. The van der Waals surface area contributed by atoms with Crippen LogP contribution in [0.25, 0.3) is 0 Å². The van der Waals surface area contributed by atoms with E-state index in [1.165, 1.54) is 22.7 Å². The second-order valence-electron chi connectivity index (χ2n) is 19.3. The molecule has 10 rings (SSSR count). The highest BCUT2D eigenvalue weighted by Gasteiger charge is 2.39. The van der Waals surface area contributed by atoms with Crippen LogP contribution in [0, 0.1) is 5.82 Å². The molecule has 18 heteroatoms. The van der Waals surface area contributed by atoms with Crippen molar-refractivity contribution in [3.63, 3.8) is 0 Å². The number of benzene rings is 3. The van der Waals surface area contributed by atoms with E-state index in [1.807, 2.05) is 30.3 Å². The van der Waals surface area contributed by atoms with E-state index in [2.05, 4.69) is 64.8 Å². The first-order chi connectivity index (χ1) is 34.3. The number of aromatic nitrogens is 2. The molecule has 0 aliphatic carbocycles.